The van der Waals surface area contributed by atoms with Gasteiger partial charge in [-0.3, -0.25) is 24.0 Å². The largest absolute Gasteiger partial charge is 0.402 e. The Balaban J connectivity index is 0.000000120. The molecule has 0 bridgehead atoms. The fourth-order valence-corrected chi connectivity index (χ4v) is 18.0. The van der Waals surface area contributed by atoms with Gasteiger partial charge in [-0.2, -0.15) is 0 Å². The normalized spacial score (nSPS) is 13.7. The molecule has 3 aliphatic heterocycles. The SMILES string of the molecule is C=C(N)Cc1c(Cc2ccccc2)ncn1Cc1ccc2c(c1)NC(=O)C2.C=C(N)Cc1c(Cc2ccccc2)ncn1Cc1cccc2c1CC(=O)C2.CC(O)Cc1c(-c2ccccc2)ncn1Cc1ccc2c(c1)CC(=O)C2.CC(O)Cc1c(-c2ccccc2)ncn1Cc1ccc2c(c1)CC(=O)N2.CC(O)Cc1c(-c2ccccc2)ncn1Cc1cccc2c1NC(=O)C2. The van der Waals surface area contributed by atoms with E-state index < -0.39 is 18.3 Å². The number of hydrogen-bond acceptors (Lipinski definition) is 15. The van der Waals surface area contributed by atoms with Crippen LogP contribution in [0.1, 0.15) is 139 Å². The maximum Gasteiger partial charge on any atom is 0.228 e. The van der Waals surface area contributed by atoms with Crippen LogP contribution in [-0.2, 0) is 147 Å². The van der Waals surface area contributed by atoms with Crippen molar-refractivity contribution >= 4 is 46.4 Å². The zero-order valence-corrected chi connectivity index (χ0v) is 74.6. The van der Waals surface area contributed by atoms with Crippen molar-refractivity contribution in [2.24, 2.45) is 11.5 Å². The molecule has 3 unspecified atom stereocenters. The molecule has 15 aromatic rings. The molecule has 132 heavy (non-hydrogen) atoms. The number of ketones is 2. The number of aromatic nitrogens is 10. The van der Waals surface area contributed by atoms with Gasteiger partial charge in [0, 0.05) is 170 Å². The quantitative estimate of drug-likeness (QED) is 0.0237. The maximum absolute atomic E-state index is 11.9. The highest BCUT2D eigenvalue weighted by Gasteiger charge is 2.28. The number of imidazole rings is 5. The number of amides is 3. The Morgan fingerprint density at radius 2 is 0.712 bits per heavy atom. The van der Waals surface area contributed by atoms with E-state index in [9.17, 15) is 39.3 Å². The number of nitrogens with one attached hydrogen (secondary N) is 3. The van der Waals surface area contributed by atoms with Gasteiger partial charge in [-0.1, -0.05) is 244 Å². The lowest BCUT2D eigenvalue weighted by Crippen LogP contribution is -2.12. The third-order valence-corrected chi connectivity index (χ3v) is 24.1. The van der Waals surface area contributed by atoms with E-state index in [1.807, 2.05) is 208 Å². The number of nitrogens with zero attached hydrogens (tertiary/aromatic N) is 10. The van der Waals surface area contributed by atoms with Crippen molar-refractivity contribution in [3.8, 4) is 33.8 Å². The summed E-state index contributed by atoms with van der Waals surface area (Å²) in [6.07, 6.45) is 15.7. The zero-order valence-electron chi connectivity index (χ0n) is 74.6. The molecular weight excluding hydrogens is 1650 g/mol. The maximum atomic E-state index is 11.9. The van der Waals surface area contributed by atoms with Crippen molar-refractivity contribution in [3.63, 3.8) is 0 Å². The van der Waals surface area contributed by atoms with Crippen LogP contribution in [-0.4, -0.2) is 111 Å². The Hall–Kier alpha value is -15.0. The third-order valence-electron chi connectivity index (χ3n) is 24.1. The molecule has 2 aliphatic carbocycles. The number of hydrogen-bond donors (Lipinski definition) is 8. The van der Waals surface area contributed by atoms with Gasteiger partial charge >= 0.3 is 0 Å². The summed E-state index contributed by atoms with van der Waals surface area (Å²) < 4.78 is 10.5. The molecule has 0 radical (unpaired) electrons. The number of rotatable bonds is 27. The molecule has 3 atom stereocenters. The number of allylic oxidation sites excluding steroid dienone is 2. The van der Waals surface area contributed by atoms with Gasteiger partial charge in [0.25, 0.3) is 0 Å². The molecule has 23 heteroatoms. The molecule has 0 saturated carbocycles. The molecule has 5 aromatic heterocycles. The van der Waals surface area contributed by atoms with Crippen LogP contribution in [0.5, 0.6) is 0 Å². The van der Waals surface area contributed by atoms with Gasteiger partial charge in [0.05, 0.1) is 104 Å². The molecular formula is C109H109N15O8. The fraction of sp³-hybridized carbons (Fsp3) is 0.229. The number of Topliss-reactive ketones (excluding diaryl/α,β-unsaturated/α-hetero) is 2. The van der Waals surface area contributed by atoms with Crippen molar-refractivity contribution in [1.29, 1.82) is 0 Å². The Morgan fingerprint density at radius 1 is 0.341 bits per heavy atom. The first-order valence-electron chi connectivity index (χ1n) is 44.8. The van der Waals surface area contributed by atoms with Gasteiger partial charge < -0.3 is 65.6 Å². The van der Waals surface area contributed by atoms with Crippen LogP contribution in [0.2, 0.25) is 0 Å². The van der Waals surface area contributed by atoms with E-state index in [2.05, 4.69) is 144 Å². The van der Waals surface area contributed by atoms with Crippen molar-refractivity contribution in [2.45, 2.75) is 162 Å². The van der Waals surface area contributed by atoms with Gasteiger partial charge in [0.15, 0.2) is 0 Å². The number of para-hydroxylation sites is 1. The van der Waals surface area contributed by atoms with E-state index in [4.69, 9.17) is 11.5 Å². The summed E-state index contributed by atoms with van der Waals surface area (Å²) in [4.78, 5) is 81.5. The third kappa shape index (κ3) is 22.6. The Labute approximate surface area is 768 Å². The summed E-state index contributed by atoms with van der Waals surface area (Å²) in [5, 5.41) is 38.6. The van der Waals surface area contributed by atoms with E-state index in [0.717, 1.165) is 159 Å². The highest BCUT2D eigenvalue weighted by Crippen LogP contribution is 2.35. The summed E-state index contributed by atoms with van der Waals surface area (Å²) in [7, 11) is 0. The van der Waals surface area contributed by atoms with Crippen LogP contribution < -0.4 is 27.4 Å². The second kappa shape index (κ2) is 41.6. The van der Waals surface area contributed by atoms with Gasteiger partial charge in [0.1, 0.15) is 11.6 Å². The molecule has 668 valence electrons. The minimum absolute atomic E-state index is 0.0345. The topological polar surface area (TPSA) is 323 Å². The average molecular weight is 1760 g/mol. The minimum atomic E-state index is -0.464. The first-order chi connectivity index (χ1) is 64.0. The lowest BCUT2D eigenvalue weighted by atomic mass is 10.0. The molecule has 20 rings (SSSR count). The van der Waals surface area contributed by atoms with Gasteiger partial charge in [-0.05, 0) is 111 Å². The van der Waals surface area contributed by atoms with Crippen LogP contribution in [0.15, 0.2) is 299 Å². The molecule has 8 heterocycles. The van der Waals surface area contributed by atoms with Crippen molar-refractivity contribution in [3.05, 3.63) is 417 Å². The van der Waals surface area contributed by atoms with E-state index in [-0.39, 0.29) is 17.7 Å². The van der Waals surface area contributed by atoms with E-state index >= 15 is 0 Å². The number of aliphatic hydroxyl groups excluding tert-OH is 3. The number of anilines is 3. The molecule has 0 saturated heterocycles. The lowest BCUT2D eigenvalue weighted by Gasteiger charge is -2.14. The number of fused-ring (bicyclic) bond motifs is 5. The Morgan fingerprint density at radius 3 is 1.21 bits per heavy atom. The molecule has 23 nitrogen and oxygen atoms in total. The number of benzene rings is 10. The van der Waals surface area contributed by atoms with E-state index in [0.29, 0.717) is 133 Å². The van der Waals surface area contributed by atoms with Gasteiger partial charge in [-0.25, -0.2) is 24.9 Å². The second-order valence-electron chi connectivity index (χ2n) is 34.8. The van der Waals surface area contributed by atoms with Crippen LogP contribution in [0.4, 0.5) is 17.1 Å². The monoisotopic (exact) mass is 1760 g/mol. The smallest absolute Gasteiger partial charge is 0.228 e. The summed E-state index contributed by atoms with van der Waals surface area (Å²) in [5.74, 6) is 0.715. The van der Waals surface area contributed by atoms with Crippen molar-refractivity contribution in [2.75, 3.05) is 16.0 Å². The lowest BCUT2D eigenvalue weighted by molar-refractivity contribution is -0.117. The zero-order chi connectivity index (χ0) is 91.9. The van der Waals surface area contributed by atoms with Gasteiger partial charge in [-0.15, -0.1) is 0 Å². The van der Waals surface area contributed by atoms with Crippen molar-refractivity contribution < 1.29 is 39.3 Å². The standard InChI is InChI=1S/C23H23N3O.C22H22N4O.C22H22N2O2.2C21H21N3O2/c1-16(24)10-23-22(11-17-6-3-2-4-7-17)25-15-26(23)14-19-9-5-8-18-12-20(27)13-21(18)19;1-15(23)9-21-20(10-16-5-3-2-4-6-16)24-14-26(21)13-17-7-8-18-12-22(27)25-19(18)11-17;1-15(25)9-21-22(17-5-3-2-4-6-17)23-14-24(21)13-16-7-8-18-11-20(26)12-19(18)10-16;1-14(25)10-18-21(15-6-3-2-4-7-15)22-13-24(18)12-17-9-5-8-16-11-19(26)23-20(16)17;1-14(25)9-19-21(16-5-3-2-4-6-16)22-13-24(19)12-15-7-8-18-17(10-15)11-20(26)23-18/h2-9,15H,1,10-14,24H2;2-8,11,14H,1,9-10,12-13,23H2,(H,25,27);2-8,10,14-15,25H,9,11-13H2,1H3;2-9,13-14,25H,10-12H2,1H3,(H,23,26);2-8,10,13-14,25H,9,11-12H2,1H3,(H,23,26). The van der Waals surface area contributed by atoms with Crippen LogP contribution in [0, 0.1) is 0 Å². The molecule has 5 aliphatic rings. The average Bonchev–Trinajstić information content (AvgIpc) is 1.64. The van der Waals surface area contributed by atoms with Crippen LogP contribution >= 0.6 is 0 Å². The minimum Gasteiger partial charge on any atom is -0.402 e. The number of nitrogens with two attached hydrogens (primary N) is 2. The Kier molecular flexibility index (Phi) is 28.5. The van der Waals surface area contributed by atoms with E-state index in [1.165, 1.54) is 22.3 Å². The number of carbonyl (C=O) groups is 5. The summed E-state index contributed by atoms with van der Waals surface area (Å²) in [6, 6.07) is 81.4. The summed E-state index contributed by atoms with van der Waals surface area (Å²) in [6.45, 7) is 16.4. The molecule has 10 aromatic carbocycles. The number of aliphatic hydroxyl groups is 3. The fourth-order valence-electron chi connectivity index (χ4n) is 18.0. The molecule has 10 N–H and O–H groups in total. The predicted molar refractivity (Wildman–Crippen MR) is 516 cm³/mol. The second-order valence-corrected chi connectivity index (χ2v) is 34.8. The molecule has 0 spiro atoms. The first kappa shape index (κ1) is 90.3. The predicted octanol–water partition coefficient (Wildman–Crippen LogP) is 15.5. The number of carbonyl (C=O) groups excluding carboxylic acids is 5. The summed E-state index contributed by atoms with van der Waals surface area (Å²) >= 11 is 0. The molecule has 0 fully saturated rings. The van der Waals surface area contributed by atoms with Gasteiger partial charge in [0.2, 0.25) is 17.7 Å². The Bertz CT molecular complexity index is 6540. The summed E-state index contributed by atoms with van der Waals surface area (Å²) in [5.41, 5.74) is 44.7. The van der Waals surface area contributed by atoms with Crippen molar-refractivity contribution in [1.82, 2.24) is 47.8 Å². The highest BCUT2D eigenvalue weighted by molar-refractivity contribution is 6.01. The van der Waals surface area contributed by atoms with Crippen LogP contribution in [0.25, 0.3) is 33.8 Å². The first-order valence-corrected chi connectivity index (χ1v) is 44.8. The van der Waals surface area contributed by atoms with Crippen LogP contribution in [0.3, 0.4) is 0 Å². The van der Waals surface area contributed by atoms with E-state index in [1.54, 1.807) is 20.8 Å². The molecule has 3 amide bonds. The highest BCUT2D eigenvalue weighted by atomic mass is 16.3.